The summed E-state index contributed by atoms with van der Waals surface area (Å²) in [4.78, 5) is 0. The molecule has 1 saturated carbocycles. The molecule has 0 aromatic rings. The molecule has 1 aliphatic heterocycles. The molecule has 76 valence electrons. The Kier molecular flexibility index (Phi) is 2.16. The van der Waals surface area contributed by atoms with Gasteiger partial charge in [-0.25, -0.2) is 0 Å². The molecule has 0 radical (unpaired) electrons. The largest absolute Gasteiger partial charge is 0.395 e. The second-order valence-electron chi connectivity index (χ2n) is 5.44. The van der Waals surface area contributed by atoms with Crippen LogP contribution >= 0.6 is 0 Å². The topological polar surface area (TPSA) is 32.3 Å². The van der Waals surface area contributed by atoms with Crippen LogP contribution in [0.15, 0.2) is 0 Å². The van der Waals surface area contributed by atoms with Crippen molar-refractivity contribution in [1.82, 2.24) is 5.32 Å². The summed E-state index contributed by atoms with van der Waals surface area (Å²) in [5.74, 6) is 0. The number of nitrogens with one attached hydrogen (secondary N) is 1. The number of aliphatic hydroxyl groups excluding tert-OH is 1. The molecule has 2 N–H and O–H groups in total. The molecule has 0 bridgehead atoms. The Balaban J connectivity index is 2.05. The van der Waals surface area contributed by atoms with Crippen LogP contribution in [-0.2, 0) is 0 Å². The average molecular weight is 183 g/mol. The number of hydrogen-bond acceptors (Lipinski definition) is 2. The van der Waals surface area contributed by atoms with Crippen molar-refractivity contribution in [3.8, 4) is 0 Å². The van der Waals surface area contributed by atoms with E-state index in [1.54, 1.807) is 0 Å². The van der Waals surface area contributed by atoms with Gasteiger partial charge >= 0.3 is 0 Å². The molecule has 0 aromatic heterocycles. The maximum Gasteiger partial charge on any atom is 0.0584 e. The van der Waals surface area contributed by atoms with Gasteiger partial charge in [-0.15, -0.1) is 0 Å². The van der Waals surface area contributed by atoms with E-state index in [1.807, 2.05) is 0 Å². The van der Waals surface area contributed by atoms with Crippen LogP contribution in [-0.4, -0.2) is 24.3 Å². The minimum absolute atomic E-state index is 0.297. The minimum Gasteiger partial charge on any atom is -0.395 e. The Morgan fingerprint density at radius 1 is 1.31 bits per heavy atom. The van der Waals surface area contributed by atoms with Gasteiger partial charge in [-0.1, -0.05) is 20.3 Å². The Bertz CT molecular complexity index is 200. The highest BCUT2D eigenvalue weighted by Crippen LogP contribution is 2.56. The lowest BCUT2D eigenvalue weighted by atomic mass is 9.54. The molecular formula is C11H21NO. The quantitative estimate of drug-likeness (QED) is 0.680. The third-order valence-electron chi connectivity index (χ3n) is 4.61. The van der Waals surface area contributed by atoms with Crippen molar-refractivity contribution in [2.75, 3.05) is 13.2 Å². The zero-order chi connectivity index (χ0) is 9.53. The zero-order valence-corrected chi connectivity index (χ0v) is 8.77. The van der Waals surface area contributed by atoms with Crippen molar-refractivity contribution >= 4 is 0 Å². The molecule has 0 aromatic carbocycles. The predicted molar refractivity (Wildman–Crippen MR) is 53.6 cm³/mol. The van der Waals surface area contributed by atoms with Gasteiger partial charge in [-0.3, -0.25) is 0 Å². The molecule has 2 fully saturated rings. The first-order valence-electron chi connectivity index (χ1n) is 5.44. The fourth-order valence-corrected chi connectivity index (χ4v) is 2.96. The van der Waals surface area contributed by atoms with Crippen molar-refractivity contribution in [2.45, 2.75) is 45.6 Å². The molecule has 2 heteroatoms. The summed E-state index contributed by atoms with van der Waals surface area (Å²) in [6, 6.07) is 0.349. The van der Waals surface area contributed by atoms with Gasteiger partial charge in [0.2, 0.25) is 0 Å². The molecular weight excluding hydrogens is 162 g/mol. The first-order valence-corrected chi connectivity index (χ1v) is 5.44. The molecule has 2 rings (SSSR count). The van der Waals surface area contributed by atoms with E-state index >= 15 is 0 Å². The first-order chi connectivity index (χ1) is 6.10. The van der Waals surface area contributed by atoms with Gasteiger partial charge in [0.1, 0.15) is 0 Å². The van der Waals surface area contributed by atoms with Crippen LogP contribution in [0.5, 0.6) is 0 Å². The van der Waals surface area contributed by atoms with E-state index in [0.717, 1.165) is 13.0 Å². The van der Waals surface area contributed by atoms with Crippen LogP contribution in [0.3, 0.4) is 0 Å². The van der Waals surface area contributed by atoms with Gasteiger partial charge in [-0.2, -0.15) is 0 Å². The summed E-state index contributed by atoms with van der Waals surface area (Å²) in [6.45, 7) is 6.19. The third-order valence-corrected chi connectivity index (χ3v) is 4.61. The van der Waals surface area contributed by atoms with Crippen molar-refractivity contribution in [3.63, 3.8) is 0 Å². The normalized spacial score (nSPS) is 43.2. The van der Waals surface area contributed by atoms with Gasteiger partial charge in [0.25, 0.3) is 0 Å². The molecule has 1 aliphatic carbocycles. The van der Waals surface area contributed by atoms with Gasteiger partial charge in [0, 0.05) is 12.6 Å². The van der Waals surface area contributed by atoms with E-state index in [2.05, 4.69) is 19.2 Å². The van der Waals surface area contributed by atoms with Crippen molar-refractivity contribution in [2.24, 2.45) is 10.8 Å². The highest BCUT2D eigenvalue weighted by Gasteiger charge is 2.51. The standard InChI is InChI=1S/C11H21NO/c1-10(4-3-5-10)11(2)6-9(7-13)12-8-11/h9,12-13H,3-8H2,1-2H3/t9?,11-/m1/s1. The van der Waals surface area contributed by atoms with Crippen molar-refractivity contribution < 1.29 is 5.11 Å². The lowest BCUT2D eigenvalue weighted by molar-refractivity contribution is 0.00140. The Morgan fingerprint density at radius 3 is 2.38 bits per heavy atom. The van der Waals surface area contributed by atoms with Gasteiger partial charge in [0.15, 0.2) is 0 Å². The van der Waals surface area contributed by atoms with E-state index in [0.29, 0.717) is 23.5 Å². The molecule has 2 nitrogen and oxygen atoms in total. The van der Waals surface area contributed by atoms with Gasteiger partial charge < -0.3 is 10.4 Å². The van der Waals surface area contributed by atoms with Crippen molar-refractivity contribution in [1.29, 1.82) is 0 Å². The van der Waals surface area contributed by atoms with Gasteiger partial charge in [0.05, 0.1) is 6.61 Å². The second kappa shape index (κ2) is 2.96. The number of rotatable bonds is 2. The van der Waals surface area contributed by atoms with E-state index in [-0.39, 0.29) is 0 Å². The number of aliphatic hydroxyl groups is 1. The highest BCUT2D eigenvalue weighted by molar-refractivity contribution is 5.04. The molecule has 2 aliphatic rings. The van der Waals surface area contributed by atoms with Crippen LogP contribution in [0.4, 0.5) is 0 Å². The summed E-state index contributed by atoms with van der Waals surface area (Å²) in [7, 11) is 0. The Morgan fingerprint density at radius 2 is 2.00 bits per heavy atom. The fourth-order valence-electron chi connectivity index (χ4n) is 2.96. The molecule has 1 unspecified atom stereocenters. The smallest absolute Gasteiger partial charge is 0.0584 e. The molecule has 13 heavy (non-hydrogen) atoms. The lowest BCUT2D eigenvalue weighted by Crippen LogP contribution is -2.44. The van der Waals surface area contributed by atoms with Crippen LogP contribution < -0.4 is 5.32 Å². The minimum atomic E-state index is 0.297. The molecule has 1 heterocycles. The van der Waals surface area contributed by atoms with E-state index in [1.165, 1.54) is 19.3 Å². The molecule has 0 spiro atoms. The van der Waals surface area contributed by atoms with E-state index < -0.39 is 0 Å². The van der Waals surface area contributed by atoms with Crippen LogP contribution in [0.2, 0.25) is 0 Å². The van der Waals surface area contributed by atoms with Crippen LogP contribution in [0.1, 0.15) is 39.5 Å². The second-order valence-corrected chi connectivity index (χ2v) is 5.44. The Hall–Kier alpha value is -0.0800. The summed E-state index contributed by atoms with van der Waals surface area (Å²) < 4.78 is 0. The predicted octanol–water partition coefficient (Wildman–Crippen LogP) is 1.54. The molecule has 1 saturated heterocycles. The SMILES string of the molecule is CC1([C@@]2(C)CNC(CO)C2)CCC1. The van der Waals surface area contributed by atoms with Crippen molar-refractivity contribution in [3.05, 3.63) is 0 Å². The average Bonchev–Trinajstić information content (AvgIpc) is 2.44. The summed E-state index contributed by atoms with van der Waals surface area (Å²) in [5.41, 5.74) is 0.975. The third kappa shape index (κ3) is 1.31. The number of hydrogen-bond donors (Lipinski definition) is 2. The lowest BCUT2D eigenvalue weighted by Gasteiger charge is -2.51. The first kappa shape index (κ1) is 9.47. The van der Waals surface area contributed by atoms with Crippen LogP contribution in [0.25, 0.3) is 0 Å². The maximum atomic E-state index is 9.09. The van der Waals surface area contributed by atoms with Crippen LogP contribution in [0, 0.1) is 10.8 Å². The molecule has 0 amide bonds. The van der Waals surface area contributed by atoms with E-state index in [9.17, 15) is 0 Å². The molecule has 2 atom stereocenters. The summed E-state index contributed by atoms with van der Waals surface area (Å²) in [6.07, 6.45) is 5.31. The summed E-state index contributed by atoms with van der Waals surface area (Å²) >= 11 is 0. The zero-order valence-electron chi connectivity index (χ0n) is 8.77. The van der Waals surface area contributed by atoms with E-state index in [4.69, 9.17) is 5.11 Å². The fraction of sp³-hybridized carbons (Fsp3) is 1.00. The highest BCUT2D eigenvalue weighted by atomic mass is 16.3. The monoisotopic (exact) mass is 183 g/mol. The maximum absolute atomic E-state index is 9.09. The summed E-state index contributed by atoms with van der Waals surface area (Å²) in [5, 5.41) is 12.5. The Labute approximate surface area is 80.7 Å². The van der Waals surface area contributed by atoms with Gasteiger partial charge in [-0.05, 0) is 30.1 Å².